The van der Waals surface area contributed by atoms with Crippen LogP contribution in [0.15, 0.2) is 0 Å². The molecule has 1 aliphatic heterocycles. The van der Waals surface area contributed by atoms with E-state index in [9.17, 15) is 0 Å². The van der Waals surface area contributed by atoms with Crippen LogP contribution in [0.25, 0.3) is 0 Å². The minimum Gasteiger partial charge on any atom is -0.314 e. The van der Waals surface area contributed by atoms with E-state index in [-0.39, 0.29) is 0 Å². The number of hydrogen-bond donors (Lipinski definition) is 1. The smallest absolute Gasteiger partial charge is 0.0191 e. The van der Waals surface area contributed by atoms with Gasteiger partial charge in [-0.1, -0.05) is 26.7 Å². The fourth-order valence-corrected chi connectivity index (χ4v) is 4.76. The van der Waals surface area contributed by atoms with E-state index >= 15 is 0 Å². The van der Waals surface area contributed by atoms with Crippen molar-refractivity contribution in [3.05, 3.63) is 0 Å². The van der Waals surface area contributed by atoms with Crippen molar-refractivity contribution >= 4 is 11.8 Å². The van der Waals surface area contributed by atoms with Crippen LogP contribution in [-0.4, -0.2) is 48.6 Å². The highest BCUT2D eigenvalue weighted by atomic mass is 32.2. The zero-order valence-electron chi connectivity index (χ0n) is 12.4. The van der Waals surface area contributed by atoms with E-state index in [1.54, 1.807) is 0 Å². The lowest BCUT2D eigenvalue weighted by Gasteiger charge is -2.37. The van der Waals surface area contributed by atoms with Crippen molar-refractivity contribution in [3.8, 4) is 0 Å². The fourth-order valence-electron chi connectivity index (χ4n) is 3.46. The van der Waals surface area contributed by atoms with Gasteiger partial charge in [-0.15, -0.1) is 0 Å². The van der Waals surface area contributed by atoms with Gasteiger partial charge in [0, 0.05) is 30.9 Å². The van der Waals surface area contributed by atoms with Crippen molar-refractivity contribution < 1.29 is 0 Å². The van der Waals surface area contributed by atoms with Gasteiger partial charge in [-0.3, -0.25) is 0 Å². The first kappa shape index (κ1) is 14.7. The second-order valence-corrected chi connectivity index (χ2v) is 7.83. The highest BCUT2D eigenvalue weighted by Crippen LogP contribution is 2.39. The van der Waals surface area contributed by atoms with Crippen LogP contribution in [0.1, 0.15) is 46.0 Å². The third-order valence-electron chi connectivity index (χ3n) is 4.66. The Kier molecular flexibility index (Phi) is 5.40. The van der Waals surface area contributed by atoms with E-state index in [1.165, 1.54) is 56.7 Å². The Bertz CT molecular complexity index is 243. The van der Waals surface area contributed by atoms with Crippen LogP contribution in [0, 0.1) is 5.41 Å². The number of thioether (sulfide) groups is 1. The normalized spacial score (nSPS) is 27.5. The summed E-state index contributed by atoms with van der Waals surface area (Å²) in [6.07, 6.45) is 7.13. The molecule has 0 aromatic carbocycles. The molecule has 106 valence electrons. The van der Waals surface area contributed by atoms with Crippen LogP contribution in [0.5, 0.6) is 0 Å². The molecule has 0 amide bonds. The topological polar surface area (TPSA) is 15.3 Å². The molecule has 2 aliphatic rings. The molecule has 0 spiro atoms. The summed E-state index contributed by atoms with van der Waals surface area (Å²) in [4.78, 5) is 2.66. The molecular weight excluding hydrogens is 240 g/mol. The lowest BCUT2D eigenvalue weighted by molar-refractivity contribution is 0.141. The first-order valence-electron chi connectivity index (χ1n) is 7.63. The van der Waals surface area contributed by atoms with Crippen LogP contribution in [0.3, 0.4) is 0 Å². The molecular formula is C15H30N2S. The summed E-state index contributed by atoms with van der Waals surface area (Å²) in [6, 6.07) is 1.46. The Morgan fingerprint density at radius 1 is 1.33 bits per heavy atom. The average Bonchev–Trinajstić information content (AvgIpc) is 2.98. The molecule has 1 N–H and O–H groups in total. The molecule has 1 heterocycles. The van der Waals surface area contributed by atoms with Gasteiger partial charge in [0.25, 0.3) is 0 Å². The molecule has 1 aliphatic carbocycles. The highest BCUT2D eigenvalue weighted by molar-refractivity contribution is 7.99. The van der Waals surface area contributed by atoms with E-state index in [2.05, 4.69) is 42.9 Å². The molecule has 18 heavy (non-hydrogen) atoms. The first-order chi connectivity index (χ1) is 8.61. The molecule has 1 saturated carbocycles. The van der Waals surface area contributed by atoms with Crippen molar-refractivity contribution in [2.24, 2.45) is 5.41 Å². The number of nitrogens with one attached hydrogen (secondary N) is 1. The van der Waals surface area contributed by atoms with Crippen molar-refractivity contribution in [1.29, 1.82) is 0 Å². The van der Waals surface area contributed by atoms with Crippen LogP contribution in [-0.2, 0) is 0 Å². The van der Waals surface area contributed by atoms with Gasteiger partial charge in [0.2, 0.25) is 0 Å². The van der Waals surface area contributed by atoms with Crippen LogP contribution < -0.4 is 5.32 Å². The SMILES string of the molecule is CC(C)NCC1(CN(C)C2CCSC2)CCCC1. The third kappa shape index (κ3) is 3.88. The molecule has 2 fully saturated rings. The van der Waals surface area contributed by atoms with E-state index < -0.39 is 0 Å². The number of hydrogen-bond acceptors (Lipinski definition) is 3. The van der Waals surface area contributed by atoms with Crippen molar-refractivity contribution in [2.45, 2.75) is 58.0 Å². The Balaban J connectivity index is 1.88. The third-order valence-corrected chi connectivity index (χ3v) is 5.81. The summed E-state index contributed by atoms with van der Waals surface area (Å²) in [6.45, 7) is 7.05. The standard InChI is InChI=1S/C15H30N2S/c1-13(2)16-11-15(7-4-5-8-15)12-17(3)14-6-9-18-10-14/h13-14,16H,4-12H2,1-3H3. The first-order valence-corrected chi connectivity index (χ1v) is 8.78. The Labute approximate surface area is 117 Å². The maximum atomic E-state index is 3.69. The quantitative estimate of drug-likeness (QED) is 0.799. The second-order valence-electron chi connectivity index (χ2n) is 6.68. The lowest BCUT2D eigenvalue weighted by atomic mass is 9.85. The summed E-state index contributed by atoms with van der Waals surface area (Å²) >= 11 is 2.13. The van der Waals surface area contributed by atoms with Crippen molar-refractivity contribution in [2.75, 3.05) is 31.6 Å². The molecule has 0 radical (unpaired) electrons. The second kappa shape index (κ2) is 6.62. The molecule has 1 unspecified atom stereocenters. The Hall–Kier alpha value is 0.270. The molecule has 3 heteroatoms. The minimum absolute atomic E-state index is 0.562. The Morgan fingerprint density at radius 2 is 2.06 bits per heavy atom. The summed E-state index contributed by atoms with van der Waals surface area (Å²) in [5, 5.41) is 3.69. The number of rotatable bonds is 6. The molecule has 1 atom stereocenters. The maximum Gasteiger partial charge on any atom is 0.0191 e. The molecule has 0 bridgehead atoms. The fraction of sp³-hybridized carbons (Fsp3) is 1.00. The molecule has 2 nitrogen and oxygen atoms in total. The van der Waals surface area contributed by atoms with Gasteiger partial charge in [0.15, 0.2) is 0 Å². The van der Waals surface area contributed by atoms with E-state index in [0.29, 0.717) is 11.5 Å². The average molecular weight is 270 g/mol. The Morgan fingerprint density at radius 3 is 2.61 bits per heavy atom. The van der Waals surface area contributed by atoms with Gasteiger partial charge >= 0.3 is 0 Å². The zero-order valence-corrected chi connectivity index (χ0v) is 13.2. The van der Waals surface area contributed by atoms with Crippen molar-refractivity contribution in [3.63, 3.8) is 0 Å². The summed E-state index contributed by atoms with van der Waals surface area (Å²) in [7, 11) is 2.35. The van der Waals surface area contributed by atoms with Gasteiger partial charge < -0.3 is 10.2 Å². The van der Waals surface area contributed by atoms with Gasteiger partial charge in [0.05, 0.1) is 0 Å². The van der Waals surface area contributed by atoms with E-state index in [4.69, 9.17) is 0 Å². The van der Waals surface area contributed by atoms with E-state index in [1.807, 2.05) is 0 Å². The van der Waals surface area contributed by atoms with Gasteiger partial charge in [-0.05, 0) is 37.5 Å². The zero-order chi connectivity index (χ0) is 13.0. The maximum absolute atomic E-state index is 3.69. The summed E-state index contributed by atoms with van der Waals surface area (Å²) in [5.74, 6) is 2.72. The number of nitrogens with zero attached hydrogens (tertiary/aromatic N) is 1. The van der Waals surface area contributed by atoms with Gasteiger partial charge in [-0.2, -0.15) is 11.8 Å². The predicted molar refractivity (Wildman–Crippen MR) is 82.4 cm³/mol. The lowest BCUT2D eigenvalue weighted by Crippen LogP contribution is -2.46. The summed E-state index contributed by atoms with van der Waals surface area (Å²) in [5.41, 5.74) is 0.562. The minimum atomic E-state index is 0.562. The molecule has 0 aromatic rings. The summed E-state index contributed by atoms with van der Waals surface area (Å²) < 4.78 is 0. The van der Waals surface area contributed by atoms with Gasteiger partial charge in [0.1, 0.15) is 0 Å². The molecule has 2 rings (SSSR count). The van der Waals surface area contributed by atoms with E-state index in [0.717, 1.165) is 6.04 Å². The predicted octanol–water partition coefficient (Wildman–Crippen LogP) is 2.98. The van der Waals surface area contributed by atoms with Crippen LogP contribution >= 0.6 is 11.8 Å². The van der Waals surface area contributed by atoms with Crippen molar-refractivity contribution in [1.82, 2.24) is 10.2 Å². The largest absolute Gasteiger partial charge is 0.314 e. The van der Waals surface area contributed by atoms with Crippen LogP contribution in [0.2, 0.25) is 0 Å². The van der Waals surface area contributed by atoms with Gasteiger partial charge in [-0.25, -0.2) is 0 Å². The molecule has 1 saturated heterocycles. The van der Waals surface area contributed by atoms with Crippen LogP contribution in [0.4, 0.5) is 0 Å². The monoisotopic (exact) mass is 270 g/mol. The highest BCUT2D eigenvalue weighted by Gasteiger charge is 2.36. The molecule has 0 aromatic heterocycles.